The summed E-state index contributed by atoms with van der Waals surface area (Å²) in [5.41, 5.74) is 2.76. The summed E-state index contributed by atoms with van der Waals surface area (Å²) in [5.74, 6) is 0. The van der Waals surface area contributed by atoms with Crippen LogP contribution in [0.2, 0.25) is 0 Å². The third-order valence-electron chi connectivity index (χ3n) is 3.97. The summed E-state index contributed by atoms with van der Waals surface area (Å²) < 4.78 is 2.35. The number of nitrogens with one attached hydrogen (secondary N) is 1. The van der Waals surface area contributed by atoms with E-state index in [1.165, 1.54) is 34.2 Å². The molecule has 0 amide bonds. The summed E-state index contributed by atoms with van der Waals surface area (Å²) in [6.45, 7) is 1.96. The lowest BCUT2D eigenvalue weighted by Crippen LogP contribution is -2.15. The van der Waals surface area contributed by atoms with Gasteiger partial charge in [0, 0.05) is 34.6 Å². The van der Waals surface area contributed by atoms with Gasteiger partial charge in [0.15, 0.2) is 0 Å². The molecule has 0 unspecified atom stereocenters. The van der Waals surface area contributed by atoms with E-state index < -0.39 is 0 Å². The van der Waals surface area contributed by atoms with E-state index in [9.17, 15) is 0 Å². The number of benzene rings is 1. The molecular formula is C17H18N2S. The molecule has 1 aliphatic rings. The highest BCUT2D eigenvalue weighted by atomic mass is 32.1. The van der Waals surface area contributed by atoms with Crippen LogP contribution in [0.15, 0.2) is 48.0 Å². The molecule has 0 atom stereocenters. The van der Waals surface area contributed by atoms with E-state index >= 15 is 0 Å². The minimum Gasteiger partial charge on any atom is -0.342 e. The van der Waals surface area contributed by atoms with Crippen molar-refractivity contribution in [1.82, 2.24) is 9.88 Å². The van der Waals surface area contributed by atoms with Crippen LogP contribution in [-0.4, -0.2) is 10.6 Å². The van der Waals surface area contributed by atoms with Gasteiger partial charge in [0.2, 0.25) is 0 Å². The van der Waals surface area contributed by atoms with E-state index in [1.54, 1.807) is 0 Å². The molecule has 2 aromatic heterocycles. The second kappa shape index (κ2) is 5.08. The minimum atomic E-state index is 0.762. The van der Waals surface area contributed by atoms with Gasteiger partial charge in [-0.3, -0.25) is 0 Å². The fraction of sp³-hybridized carbons (Fsp3) is 0.294. The molecule has 1 fully saturated rings. The van der Waals surface area contributed by atoms with Crippen LogP contribution >= 0.6 is 11.3 Å². The van der Waals surface area contributed by atoms with E-state index in [1.807, 2.05) is 11.3 Å². The third kappa shape index (κ3) is 2.39. The molecule has 3 aromatic rings. The van der Waals surface area contributed by atoms with E-state index in [4.69, 9.17) is 0 Å². The second-order valence-corrected chi connectivity index (χ2v) is 6.56. The van der Waals surface area contributed by atoms with Crippen molar-refractivity contribution in [2.75, 3.05) is 0 Å². The summed E-state index contributed by atoms with van der Waals surface area (Å²) in [6.07, 6.45) is 4.90. The number of nitrogens with zero attached hydrogens (tertiary/aromatic N) is 1. The predicted molar refractivity (Wildman–Crippen MR) is 85.2 cm³/mol. The molecule has 2 nitrogen and oxygen atoms in total. The number of fused-ring (bicyclic) bond motifs is 1. The molecule has 2 heterocycles. The van der Waals surface area contributed by atoms with Crippen molar-refractivity contribution >= 4 is 22.2 Å². The van der Waals surface area contributed by atoms with Crippen LogP contribution in [0.1, 0.15) is 23.3 Å². The molecule has 102 valence electrons. The van der Waals surface area contributed by atoms with Crippen LogP contribution < -0.4 is 5.32 Å². The first-order valence-electron chi connectivity index (χ1n) is 7.23. The largest absolute Gasteiger partial charge is 0.342 e. The zero-order valence-corrected chi connectivity index (χ0v) is 12.2. The topological polar surface area (TPSA) is 17.0 Å². The Bertz CT molecular complexity index is 708. The lowest BCUT2D eigenvalue weighted by atomic mass is 10.1. The molecule has 0 bridgehead atoms. The Balaban J connectivity index is 1.64. The molecule has 1 aromatic carbocycles. The van der Waals surface area contributed by atoms with Gasteiger partial charge >= 0.3 is 0 Å². The van der Waals surface area contributed by atoms with E-state index in [2.05, 4.69) is 57.9 Å². The Kier molecular flexibility index (Phi) is 3.09. The Morgan fingerprint density at radius 3 is 2.90 bits per heavy atom. The Hall–Kier alpha value is -1.58. The van der Waals surface area contributed by atoms with E-state index in [-0.39, 0.29) is 0 Å². The molecule has 1 aliphatic carbocycles. The number of hydrogen-bond acceptors (Lipinski definition) is 2. The van der Waals surface area contributed by atoms with E-state index in [0.29, 0.717) is 0 Å². The van der Waals surface area contributed by atoms with Crippen LogP contribution in [0.4, 0.5) is 0 Å². The third-order valence-corrected chi connectivity index (χ3v) is 4.83. The van der Waals surface area contributed by atoms with Crippen molar-refractivity contribution in [3.63, 3.8) is 0 Å². The quantitative estimate of drug-likeness (QED) is 0.748. The highest BCUT2D eigenvalue weighted by Gasteiger charge is 2.20. The van der Waals surface area contributed by atoms with Crippen LogP contribution in [0.5, 0.6) is 0 Å². The fourth-order valence-corrected chi connectivity index (χ4v) is 3.39. The molecular weight excluding hydrogens is 264 g/mol. The van der Waals surface area contributed by atoms with Crippen molar-refractivity contribution in [3.05, 3.63) is 58.4 Å². The van der Waals surface area contributed by atoms with Crippen LogP contribution in [0.25, 0.3) is 10.9 Å². The lowest BCUT2D eigenvalue weighted by Gasteiger charge is -2.07. The Labute approximate surface area is 123 Å². The van der Waals surface area contributed by atoms with Gasteiger partial charge in [0.05, 0.1) is 6.54 Å². The molecule has 1 saturated carbocycles. The smallest absolute Gasteiger partial charge is 0.0569 e. The highest BCUT2D eigenvalue weighted by Crippen LogP contribution is 2.24. The Morgan fingerprint density at radius 1 is 1.15 bits per heavy atom. The second-order valence-electron chi connectivity index (χ2n) is 5.53. The van der Waals surface area contributed by atoms with Gasteiger partial charge < -0.3 is 9.88 Å². The summed E-state index contributed by atoms with van der Waals surface area (Å²) >= 11 is 1.82. The number of aromatic nitrogens is 1. The first-order valence-corrected chi connectivity index (χ1v) is 8.10. The SMILES string of the molecule is c1csc(Cn2ccc3c(CNC4CC4)cccc32)c1. The molecule has 0 spiro atoms. The van der Waals surface area contributed by atoms with Crippen LogP contribution in [0, 0.1) is 0 Å². The van der Waals surface area contributed by atoms with Gasteiger partial charge in [0.25, 0.3) is 0 Å². The van der Waals surface area contributed by atoms with Crippen LogP contribution in [-0.2, 0) is 13.1 Å². The lowest BCUT2D eigenvalue weighted by molar-refractivity contribution is 0.691. The zero-order chi connectivity index (χ0) is 13.4. The minimum absolute atomic E-state index is 0.762. The number of thiophene rings is 1. The average Bonchev–Trinajstić information content (AvgIpc) is 2.99. The van der Waals surface area contributed by atoms with Gasteiger partial charge in [0.1, 0.15) is 0 Å². The van der Waals surface area contributed by atoms with Crippen molar-refractivity contribution in [2.24, 2.45) is 0 Å². The Morgan fingerprint density at radius 2 is 2.10 bits per heavy atom. The summed E-state index contributed by atoms with van der Waals surface area (Å²) in [4.78, 5) is 1.41. The molecule has 20 heavy (non-hydrogen) atoms. The first-order chi connectivity index (χ1) is 9.90. The molecule has 3 heteroatoms. The van der Waals surface area contributed by atoms with Gasteiger partial charge in [-0.15, -0.1) is 11.3 Å². The number of hydrogen-bond donors (Lipinski definition) is 1. The average molecular weight is 282 g/mol. The van der Waals surface area contributed by atoms with Crippen molar-refractivity contribution < 1.29 is 0 Å². The summed E-state index contributed by atoms with van der Waals surface area (Å²) in [6, 6.07) is 14.0. The van der Waals surface area contributed by atoms with Gasteiger partial charge in [-0.05, 0) is 42.0 Å². The molecule has 0 aliphatic heterocycles. The maximum absolute atomic E-state index is 3.61. The van der Waals surface area contributed by atoms with Gasteiger partial charge in [-0.2, -0.15) is 0 Å². The normalized spacial score (nSPS) is 15.0. The summed E-state index contributed by atoms with van der Waals surface area (Å²) in [5, 5.41) is 7.14. The predicted octanol–water partition coefficient (Wildman–Crippen LogP) is 4.00. The molecule has 0 radical (unpaired) electrons. The van der Waals surface area contributed by atoms with Gasteiger partial charge in [-0.1, -0.05) is 18.2 Å². The van der Waals surface area contributed by atoms with Crippen molar-refractivity contribution in [1.29, 1.82) is 0 Å². The fourth-order valence-electron chi connectivity index (χ4n) is 2.69. The maximum Gasteiger partial charge on any atom is 0.0569 e. The first kappa shape index (κ1) is 12.2. The molecule has 0 saturated heterocycles. The number of rotatable bonds is 5. The van der Waals surface area contributed by atoms with Crippen LogP contribution in [0.3, 0.4) is 0 Å². The standard InChI is InChI=1S/C17H18N2S/c1-3-13(11-18-14-6-7-14)16-8-9-19(17(16)5-1)12-15-4-2-10-20-15/h1-5,8-10,14,18H,6-7,11-12H2. The monoisotopic (exact) mass is 282 g/mol. The molecule has 1 N–H and O–H groups in total. The highest BCUT2D eigenvalue weighted by molar-refractivity contribution is 7.09. The summed E-state index contributed by atoms with van der Waals surface area (Å²) in [7, 11) is 0. The van der Waals surface area contributed by atoms with Crippen molar-refractivity contribution in [3.8, 4) is 0 Å². The van der Waals surface area contributed by atoms with Gasteiger partial charge in [-0.25, -0.2) is 0 Å². The maximum atomic E-state index is 3.61. The van der Waals surface area contributed by atoms with Crippen molar-refractivity contribution in [2.45, 2.75) is 32.0 Å². The molecule has 4 rings (SSSR count). The van der Waals surface area contributed by atoms with E-state index in [0.717, 1.165) is 19.1 Å². The zero-order valence-electron chi connectivity index (χ0n) is 11.4.